The van der Waals surface area contributed by atoms with E-state index in [-0.39, 0.29) is 17.6 Å². The zero-order chi connectivity index (χ0) is 16.4. The van der Waals surface area contributed by atoms with E-state index >= 15 is 0 Å². The van der Waals surface area contributed by atoms with Crippen LogP contribution in [0.4, 0.5) is 4.39 Å². The summed E-state index contributed by atoms with van der Waals surface area (Å²) in [4.78, 5) is 10.5. The molecular weight excluding hydrogens is 309 g/mol. The molecule has 0 bridgehead atoms. The number of aromatic nitrogens is 2. The molecule has 4 heterocycles. The van der Waals surface area contributed by atoms with E-state index in [0.29, 0.717) is 6.61 Å². The summed E-state index contributed by atoms with van der Waals surface area (Å²) in [6.45, 7) is 3.21. The van der Waals surface area contributed by atoms with Gasteiger partial charge in [-0.3, -0.25) is 9.88 Å². The van der Waals surface area contributed by atoms with Crippen molar-refractivity contribution in [3.8, 4) is 5.88 Å². The van der Waals surface area contributed by atoms with Crippen LogP contribution in [0.5, 0.6) is 5.88 Å². The molecule has 2 saturated heterocycles. The lowest BCUT2D eigenvalue weighted by Gasteiger charge is -2.23. The van der Waals surface area contributed by atoms with Gasteiger partial charge in [-0.15, -0.1) is 0 Å². The molecule has 2 fully saturated rings. The first-order valence-electron chi connectivity index (χ1n) is 8.25. The Morgan fingerprint density at radius 2 is 2.25 bits per heavy atom. The zero-order valence-corrected chi connectivity index (χ0v) is 13.4. The third-order valence-corrected chi connectivity index (χ3v) is 4.70. The van der Waals surface area contributed by atoms with E-state index in [9.17, 15) is 4.39 Å². The van der Waals surface area contributed by atoms with Crippen LogP contribution in [0.1, 0.15) is 18.4 Å². The highest BCUT2D eigenvalue weighted by molar-refractivity contribution is 5.14. The van der Waals surface area contributed by atoms with Gasteiger partial charge in [0.1, 0.15) is 6.10 Å². The topological polar surface area (TPSA) is 47.5 Å². The molecule has 2 atom stereocenters. The first kappa shape index (κ1) is 15.5. The van der Waals surface area contributed by atoms with E-state index in [1.165, 1.54) is 17.8 Å². The Labute approximate surface area is 140 Å². The van der Waals surface area contributed by atoms with E-state index in [1.54, 1.807) is 12.3 Å². The molecule has 126 valence electrons. The maximum absolute atomic E-state index is 13.7. The average molecular weight is 329 g/mol. The van der Waals surface area contributed by atoms with Crippen LogP contribution in [0, 0.1) is 5.82 Å². The van der Waals surface area contributed by atoms with Crippen LogP contribution in [-0.2, 0) is 11.3 Å². The summed E-state index contributed by atoms with van der Waals surface area (Å²) in [7, 11) is 0. The van der Waals surface area contributed by atoms with Gasteiger partial charge in [-0.1, -0.05) is 6.07 Å². The Kier molecular flexibility index (Phi) is 4.16. The maximum atomic E-state index is 13.7. The molecule has 2 aliphatic rings. The lowest BCUT2D eigenvalue weighted by molar-refractivity contribution is 0.00914. The molecule has 0 aromatic carbocycles. The monoisotopic (exact) mass is 329 g/mol. The standard InChI is InChI=1S/C18H20FN3O2/c19-16-4-2-7-21-17(16)24-15-9-18(23-12-15)5-8-22(13-18)11-14-3-1-6-20-10-14/h1-4,6-7,10,15H,5,8-9,11-13H2/t15-,18+/m1/s1. The van der Waals surface area contributed by atoms with Crippen molar-refractivity contribution in [2.24, 2.45) is 0 Å². The molecule has 0 saturated carbocycles. The third-order valence-electron chi connectivity index (χ3n) is 4.70. The molecule has 2 aromatic heterocycles. The Morgan fingerprint density at radius 3 is 3.08 bits per heavy atom. The number of nitrogens with zero attached hydrogens (tertiary/aromatic N) is 3. The first-order valence-corrected chi connectivity index (χ1v) is 8.25. The number of hydrogen-bond acceptors (Lipinski definition) is 5. The van der Waals surface area contributed by atoms with Crippen LogP contribution < -0.4 is 4.74 Å². The number of hydrogen-bond donors (Lipinski definition) is 0. The normalized spacial score (nSPS) is 27.0. The molecule has 2 aromatic rings. The van der Waals surface area contributed by atoms with Gasteiger partial charge < -0.3 is 9.47 Å². The minimum atomic E-state index is -0.428. The van der Waals surface area contributed by atoms with Gasteiger partial charge in [-0.25, -0.2) is 9.37 Å². The summed E-state index contributed by atoms with van der Waals surface area (Å²) in [6.07, 6.45) is 6.82. The predicted molar refractivity (Wildman–Crippen MR) is 86.0 cm³/mol. The molecule has 0 unspecified atom stereocenters. The lowest BCUT2D eigenvalue weighted by Crippen LogP contribution is -2.33. The number of ether oxygens (including phenoxy) is 2. The van der Waals surface area contributed by atoms with Crippen LogP contribution in [0.15, 0.2) is 42.9 Å². The maximum Gasteiger partial charge on any atom is 0.250 e. The summed E-state index contributed by atoms with van der Waals surface area (Å²) < 4.78 is 25.4. The molecule has 0 aliphatic carbocycles. The number of rotatable bonds is 4. The number of halogens is 1. The van der Waals surface area contributed by atoms with Crippen LogP contribution in [-0.4, -0.2) is 46.3 Å². The van der Waals surface area contributed by atoms with Gasteiger partial charge in [-0.05, 0) is 30.2 Å². The van der Waals surface area contributed by atoms with Gasteiger partial charge in [0.15, 0.2) is 5.82 Å². The summed E-state index contributed by atoms with van der Waals surface area (Å²) in [5, 5.41) is 0. The molecule has 2 aliphatic heterocycles. The van der Waals surface area contributed by atoms with Gasteiger partial charge in [0.05, 0.1) is 12.2 Å². The molecule has 5 nitrogen and oxygen atoms in total. The zero-order valence-electron chi connectivity index (χ0n) is 13.4. The van der Waals surface area contributed by atoms with Gasteiger partial charge in [0.25, 0.3) is 5.88 Å². The molecule has 0 N–H and O–H groups in total. The second kappa shape index (κ2) is 6.45. The van der Waals surface area contributed by atoms with E-state index in [1.807, 2.05) is 12.3 Å². The molecular formula is C18H20FN3O2. The van der Waals surface area contributed by atoms with Crippen LogP contribution in [0.3, 0.4) is 0 Å². The average Bonchev–Trinajstić information content (AvgIpc) is 3.17. The second-order valence-electron chi connectivity index (χ2n) is 6.55. The quantitative estimate of drug-likeness (QED) is 0.862. The molecule has 4 rings (SSSR count). The van der Waals surface area contributed by atoms with Gasteiger partial charge in [0, 0.05) is 44.6 Å². The second-order valence-corrected chi connectivity index (χ2v) is 6.55. The highest BCUT2D eigenvalue weighted by Gasteiger charge is 2.46. The van der Waals surface area contributed by atoms with Gasteiger partial charge in [0.2, 0.25) is 0 Å². The highest BCUT2D eigenvalue weighted by Crippen LogP contribution is 2.37. The molecule has 0 amide bonds. The third kappa shape index (κ3) is 3.25. The van der Waals surface area contributed by atoms with Gasteiger partial charge >= 0.3 is 0 Å². The van der Waals surface area contributed by atoms with Crippen molar-refractivity contribution in [1.82, 2.24) is 14.9 Å². The molecule has 6 heteroatoms. The van der Waals surface area contributed by atoms with E-state index < -0.39 is 5.82 Å². The number of likely N-dealkylation sites (tertiary alicyclic amines) is 1. The summed E-state index contributed by atoms with van der Waals surface area (Å²) in [5.41, 5.74) is 1.02. The van der Waals surface area contributed by atoms with Crippen molar-refractivity contribution in [3.05, 3.63) is 54.2 Å². The number of pyridine rings is 2. The molecule has 1 spiro atoms. The summed E-state index contributed by atoms with van der Waals surface area (Å²) in [5.74, 6) is -0.364. The Morgan fingerprint density at radius 1 is 1.33 bits per heavy atom. The van der Waals surface area contributed by atoms with Crippen molar-refractivity contribution in [2.45, 2.75) is 31.1 Å². The van der Waals surface area contributed by atoms with Gasteiger partial charge in [-0.2, -0.15) is 0 Å². The fraction of sp³-hybridized carbons (Fsp3) is 0.444. The van der Waals surface area contributed by atoms with E-state index in [2.05, 4.69) is 20.9 Å². The van der Waals surface area contributed by atoms with Crippen molar-refractivity contribution in [3.63, 3.8) is 0 Å². The Balaban J connectivity index is 1.35. The fourth-order valence-corrected chi connectivity index (χ4v) is 3.59. The van der Waals surface area contributed by atoms with Crippen molar-refractivity contribution >= 4 is 0 Å². The Hall–Kier alpha value is -2.05. The van der Waals surface area contributed by atoms with Crippen LogP contribution in [0.25, 0.3) is 0 Å². The molecule has 0 radical (unpaired) electrons. The summed E-state index contributed by atoms with van der Waals surface area (Å²) in [6, 6.07) is 6.96. The van der Waals surface area contributed by atoms with Crippen LogP contribution in [0.2, 0.25) is 0 Å². The summed E-state index contributed by atoms with van der Waals surface area (Å²) >= 11 is 0. The fourth-order valence-electron chi connectivity index (χ4n) is 3.59. The van der Waals surface area contributed by atoms with E-state index in [4.69, 9.17) is 9.47 Å². The predicted octanol–water partition coefficient (Wildman–Crippen LogP) is 2.43. The smallest absolute Gasteiger partial charge is 0.250 e. The van der Waals surface area contributed by atoms with E-state index in [0.717, 1.165) is 32.5 Å². The van der Waals surface area contributed by atoms with Crippen molar-refractivity contribution < 1.29 is 13.9 Å². The molecule has 24 heavy (non-hydrogen) atoms. The van der Waals surface area contributed by atoms with Crippen molar-refractivity contribution in [1.29, 1.82) is 0 Å². The minimum absolute atomic E-state index is 0.0633. The first-order chi connectivity index (χ1) is 11.7. The highest BCUT2D eigenvalue weighted by atomic mass is 19.1. The SMILES string of the molecule is Fc1cccnc1O[C@H]1CO[C@@]2(CCN(Cc3cccnc3)C2)C1. The minimum Gasteiger partial charge on any atom is -0.470 e. The lowest BCUT2D eigenvalue weighted by atomic mass is 9.98. The largest absolute Gasteiger partial charge is 0.470 e. The van der Waals surface area contributed by atoms with Crippen molar-refractivity contribution in [2.75, 3.05) is 19.7 Å². The van der Waals surface area contributed by atoms with Crippen LogP contribution >= 0.6 is 0 Å². The Bertz CT molecular complexity index is 700.